The van der Waals surface area contributed by atoms with Crippen molar-refractivity contribution >= 4 is 56.8 Å². The summed E-state index contributed by atoms with van der Waals surface area (Å²) in [6.45, 7) is 3.20. The predicted molar refractivity (Wildman–Crippen MR) is 108 cm³/mol. The molecule has 0 aliphatic rings. The smallest absolute Gasteiger partial charge is 0.0410 e. The summed E-state index contributed by atoms with van der Waals surface area (Å²) in [7, 11) is 0. The first-order valence-corrected chi connectivity index (χ1v) is 9.56. The van der Waals surface area contributed by atoms with Crippen molar-refractivity contribution in [3.63, 3.8) is 0 Å². The van der Waals surface area contributed by atoms with Crippen LogP contribution in [0.15, 0.2) is 42.5 Å². The number of hydrogen-bond donors (Lipinski definition) is 1. The van der Waals surface area contributed by atoms with Gasteiger partial charge in [-0.15, -0.1) is 0 Å². The molecule has 0 aromatic heterocycles. The van der Waals surface area contributed by atoms with Crippen molar-refractivity contribution in [3.05, 3.63) is 65.8 Å². The standard InChI is InChI=1S/C17H18ClI2N/c1-2-9-21-17(10-12-3-6-14(19)7-4-12)15-11-13(18)5-8-16(15)20/h3-8,11,17,21H,2,9-10H2,1H3. The van der Waals surface area contributed by atoms with Crippen LogP contribution >= 0.6 is 56.8 Å². The van der Waals surface area contributed by atoms with E-state index >= 15 is 0 Å². The molecule has 0 saturated carbocycles. The second kappa shape index (κ2) is 8.70. The fourth-order valence-corrected chi connectivity index (χ4v) is 3.50. The van der Waals surface area contributed by atoms with E-state index in [0.717, 1.165) is 24.4 Å². The highest BCUT2D eigenvalue weighted by Gasteiger charge is 2.15. The molecule has 0 bridgehead atoms. The van der Waals surface area contributed by atoms with Gasteiger partial charge in [-0.05, 0) is 106 Å². The number of halogens is 3. The van der Waals surface area contributed by atoms with Crippen molar-refractivity contribution < 1.29 is 0 Å². The van der Waals surface area contributed by atoms with E-state index in [9.17, 15) is 0 Å². The first-order chi connectivity index (χ1) is 10.1. The molecule has 1 N–H and O–H groups in total. The van der Waals surface area contributed by atoms with Crippen LogP contribution in [-0.2, 0) is 6.42 Å². The van der Waals surface area contributed by atoms with Crippen LogP contribution in [0.5, 0.6) is 0 Å². The lowest BCUT2D eigenvalue weighted by Crippen LogP contribution is -2.25. The SMILES string of the molecule is CCCNC(Cc1ccc(I)cc1)c1cc(Cl)ccc1I. The average molecular weight is 526 g/mol. The van der Waals surface area contributed by atoms with E-state index in [1.54, 1.807) is 0 Å². The van der Waals surface area contributed by atoms with Crippen LogP contribution in [-0.4, -0.2) is 6.54 Å². The van der Waals surface area contributed by atoms with E-state index in [4.69, 9.17) is 11.6 Å². The summed E-state index contributed by atoms with van der Waals surface area (Å²) in [6, 6.07) is 15.2. The monoisotopic (exact) mass is 525 g/mol. The van der Waals surface area contributed by atoms with Gasteiger partial charge in [0.2, 0.25) is 0 Å². The van der Waals surface area contributed by atoms with Crippen molar-refractivity contribution in [3.8, 4) is 0 Å². The summed E-state index contributed by atoms with van der Waals surface area (Å²) >= 11 is 10.9. The summed E-state index contributed by atoms with van der Waals surface area (Å²) in [5, 5.41) is 4.45. The highest BCUT2D eigenvalue weighted by Crippen LogP contribution is 2.27. The van der Waals surface area contributed by atoms with E-state index < -0.39 is 0 Å². The highest BCUT2D eigenvalue weighted by molar-refractivity contribution is 14.1. The van der Waals surface area contributed by atoms with Crippen LogP contribution in [0.3, 0.4) is 0 Å². The highest BCUT2D eigenvalue weighted by atomic mass is 127. The molecule has 1 unspecified atom stereocenters. The van der Waals surface area contributed by atoms with Gasteiger partial charge in [0.15, 0.2) is 0 Å². The summed E-state index contributed by atoms with van der Waals surface area (Å²) in [5.41, 5.74) is 2.63. The third-order valence-corrected chi connectivity index (χ3v) is 5.26. The third-order valence-electron chi connectivity index (χ3n) is 3.33. The first-order valence-electron chi connectivity index (χ1n) is 7.03. The molecule has 0 aliphatic carbocycles. The zero-order valence-corrected chi connectivity index (χ0v) is 16.9. The fraction of sp³-hybridized carbons (Fsp3) is 0.294. The van der Waals surface area contributed by atoms with Crippen molar-refractivity contribution in [2.45, 2.75) is 25.8 Å². The maximum absolute atomic E-state index is 6.19. The number of nitrogens with one attached hydrogen (secondary N) is 1. The second-order valence-corrected chi connectivity index (χ2v) is 7.85. The Morgan fingerprint density at radius 3 is 2.48 bits per heavy atom. The summed E-state index contributed by atoms with van der Waals surface area (Å²) < 4.78 is 2.53. The van der Waals surface area contributed by atoms with Gasteiger partial charge in [0.05, 0.1) is 0 Å². The number of hydrogen-bond acceptors (Lipinski definition) is 1. The Hall–Kier alpha value is 0.150. The van der Waals surface area contributed by atoms with Crippen LogP contribution in [0.25, 0.3) is 0 Å². The summed E-state index contributed by atoms with van der Waals surface area (Å²) in [6.07, 6.45) is 2.10. The van der Waals surface area contributed by atoms with Crippen LogP contribution in [0.4, 0.5) is 0 Å². The molecule has 0 amide bonds. The van der Waals surface area contributed by atoms with Crippen LogP contribution in [0.2, 0.25) is 5.02 Å². The lowest BCUT2D eigenvalue weighted by atomic mass is 9.99. The number of benzene rings is 2. The zero-order valence-electron chi connectivity index (χ0n) is 11.9. The van der Waals surface area contributed by atoms with Gasteiger partial charge in [0.25, 0.3) is 0 Å². The van der Waals surface area contributed by atoms with E-state index in [1.807, 2.05) is 6.07 Å². The lowest BCUT2D eigenvalue weighted by Gasteiger charge is -2.21. The molecule has 0 spiro atoms. The third kappa shape index (κ3) is 5.37. The van der Waals surface area contributed by atoms with Gasteiger partial charge in [-0.3, -0.25) is 0 Å². The van der Waals surface area contributed by atoms with Crippen molar-refractivity contribution in [1.82, 2.24) is 5.32 Å². The van der Waals surface area contributed by atoms with E-state index in [-0.39, 0.29) is 0 Å². The molecule has 2 rings (SSSR count). The van der Waals surface area contributed by atoms with Gasteiger partial charge in [0, 0.05) is 18.2 Å². The molecule has 21 heavy (non-hydrogen) atoms. The lowest BCUT2D eigenvalue weighted by molar-refractivity contribution is 0.527. The number of rotatable bonds is 6. The fourth-order valence-electron chi connectivity index (χ4n) is 2.25. The average Bonchev–Trinajstić information content (AvgIpc) is 2.48. The molecule has 1 nitrogen and oxygen atoms in total. The normalized spacial score (nSPS) is 12.4. The molecule has 0 fully saturated rings. The molecule has 0 saturated heterocycles. The molecular weight excluding hydrogens is 507 g/mol. The Morgan fingerprint density at radius 2 is 1.81 bits per heavy atom. The Balaban J connectivity index is 2.25. The van der Waals surface area contributed by atoms with Gasteiger partial charge in [-0.25, -0.2) is 0 Å². The topological polar surface area (TPSA) is 12.0 Å². The zero-order chi connectivity index (χ0) is 15.2. The molecule has 1 atom stereocenters. The molecular formula is C17H18ClI2N. The van der Waals surface area contributed by atoms with Crippen LogP contribution in [0, 0.1) is 7.14 Å². The maximum Gasteiger partial charge on any atom is 0.0410 e. The van der Waals surface area contributed by atoms with Gasteiger partial charge in [-0.1, -0.05) is 30.7 Å². The largest absolute Gasteiger partial charge is 0.310 e. The van der Waals surface area contributed by atoms with Gasteiger partial charge >= 0.3 is 0 Å². The predicted octanol–water partition coefficient (Wildman–Crippen LogP) is 5.83. The van der Waals surface area contributed by atoms with E-state index in [0.29, 0.717) is 6.04 Å². The minimum Gasteiger partial charge on any atom is -0.310 e. The maximum atomic E-state index is 6.19. The molecule has 2 aromatic rings. The summed E-state index contributed by atoms with van der Waals surface area (Å²) in [5.74, 6) is 0. The minimum atomic E-state index is 0.301. The van der Waals surface area contributed by atoms with Crippen molar-refractivity contribution in [2.75, 3.05) is 6.54 Å². The van der Waals surface area contributed by atoms with Crippen LogP contribution < -0.4 is 5.32 Å². The second-order valence-electron chi connectivity index (χ2n) is 5.00. The molecule has 4 heteroatoms. The van der Waals surface area contributed by atoms with Gasteiger partial charge in [0.1, 0.15) is 0 Å². The molecule has 2 aromatic carbocycles. The van der Waals surface area contributed by atoms with Gasteiger partial charge in [-0.2, -0.15) is 0 Å². The Kier molecular flexibility index (Phi) is 7.25. The Morgan fingerprint density at radius 1 is 1.10 bits per heavy atom. The van der Waals surface area contributed by atoms with E-state index in [2.05, 4.69) is 93.8 Å². The van der Waals surface area contributed by atoms with Crippen molar-refractivity contribution in [1.29, 1.82) is 0 Å². The minimum absolute atomic E-state index is 0.301. The van der Waals surface area contributed by atoms with Crippen LogP contribution in [0.1, 0.15) is 30.5 Å². The first kappa shape index (κ1) is 17.5. The Labute approximate surface area is 159 Å². The quantitative estimate of drug-likeness (QED) is 0.468. The van der Waals surface area contributed by atoms with E-state index in [1.165, 1.54) is 18.3 Å². The molecule has 0 aliphatic heterocycles. The molecule has 0 heterocycles. The summed E-state index contributed by atoms with van der Waals surface area (Å²) in [4.78, 5) is 0. The Bertz CT molecular complexity index is 584. The van der Waals surface area contributed by atoms with Gasteiger partial charge < -0.3 is 5.32 Å². The van der Waals surface area contributed by atoms with Crippen molar-refractivity contribution in [2.24, 2.45) is 0 Å². The molecule has 112 valence electrons. The molecule has 0 radical (unpaired) electrons.